The van der Waals surface area contributed by atoms with Crippen molar-refractivity contribution in [2.45, 2.75) is 32.4 Å². The Labute approximate surface area is 184 Å². The number of carbonyl (C=O) groups is 2. The zero-order chi connectivity index (χ0) is 23.4. The molecule has 1 atom stereocenters. The lowest BCUT2D eigenvalue weighted by Crippen LogP contribution is -2.45. The third-order valence-corrected chi connectivity index (χ3v) is 4.94. The van der Waals surface area contributed by atoms with E-state index in [4.69, 9.17) is 0 Å². The summed E-state index contributed by atoms with van der Waals surface area (Å²) in [6.07, 6.45) is 0.292. The van der Waals surface area contributed by atoms with Gasteiger partial charge in [0.05, 0.1) is 16.7 Å². The van der Waals surface area contributed by atoms with Gasteiger partial charge in [-0.05, 0) is 37.1 Å². The van der Waals surface area contributed by atoms with Gasteiger partial charge >= 0.3 is 6.03 Å². The number of benzene rings is 2. The van der Waals surface area contributed by atoms with Crippen molar-refractivity contribution in [1.82, 2.24) is 15.2 Å². The van der Waals surface area contributed by atoms with E-state index in [2.05, 4.69) is 10.4 Å². The van der Waals surface area contributed by atoms with Gasteiger partial charge in [0.1, 0.15) is 12.4 Å². The van der Waals surface area contributed by atoms with Crippen molar-refractivity contribution in [3.8, 4) is 0 Å². The molecule has 0 saturated carbocycles. The number of urea groups is 1. The van der Waals surface area contributed by atoms with Crippen LogP contribution in [0.5, 0.6) is 0 Å². The number of likely N-dealkylation sites (N-methyl/N-ethyl adjacent to an activating group) is 1. The van der Waals surface area contributed by atoms with E-state index < -0.39 is 28.7 Å². The Balaban J connectivity index is 1.90. The second-order valence-corrected chi connectivity index (χ2v) is 7.82. The Bertz CT molecular complexity index is 1050. The molecular formula is C22H24FN5O4. The number of nitrogens with zero attached hydrogens (tertiary/aromatic N) is 4. The van der Waals surface area contributed by atoms with Gasteiger partial charge < -0.3 is 10.2 Å². The van der Waals surface area contributed by atoms with E-state index in [9.17, 15) is 24.1 Å². The topological polar surface area (TPSA) is 108 Å². The first-order valence-electron chi connectivity index (χ1n) is 10.1. The van der Waals surface area contributed by atoms with Crippen molar-refractivity contribution >= 4 is 23.3 Å². The summed E-state index contributed by atoms with van der Waals surface area (Å²) >= 11 is 0. The number of nitro groups is 1. The van der Waals surface area contributed by atoms with Crippen molar-refractivity contribution < 1.29 is 18.9 Å². The maximum Gasteiger partial charge on any atom is 0.317 e. The Hall–Kier alpha value is -3.82. The number of halogens is 1. The van der Waals surface area contributed by atoms with Crippen molar-refractivity contribution in [1.29, 1.82) is 0 Å². The fourth-order valence-corrected chi connectivity index (χ4v) is 3.37. The molecule has 168 valence electrons. The molecule has 0 saturated heterocycles. The SMILES string of the molecule is CC(C)NC(=O)N(C)CC(=O)N1N=C(c2ccc(F)cc2)C[C@H]1c1cccc([N+](=O)[O-])c1. The molecule has 0 bridgehead atoms. The van der Waals surface area contributed by atoms with Gasteiger partial charge in [0.2, 0.25) is 0 Å². The molecule has 1 aliphatic rings. The Morgan fingerprint density at radius 3 is 2.59 bits per heavy atom. The average molecular weight is 441 g/mol. The minimum Gasteiger partial charge on any atom is -0.336 e. The molecule has 9 nitrogen and oxygen atoms in total. The number of amides is 3. The van der Waals surface area contributed by atoms with Crippen molar-refractivity contribution in [2.75, 3.05) is 13.6 Å². The number of non-ortho nitro benzene ring substituents is 1. The summed E-state index contributed by atoms with van der Waals surface area (Å²) < 4.78 is 13.3. The number of hydrazone groups is 1. The first-order valence-corrected chi connectivity index (χ1v) is 10.1. The van der Waals surface area contributed by atoms with Crippen LogP contribution in [-0.2, 0) is 4.79 Å². The fraction of sp³-hybridized carbons (Fsp3) is 0.318. The molecule has 0 unspecified atom stereocenters. The number of nitro benzene ring substituents is 1. The number of nitrogens with one attached hydrogen (secondary N) is 1. The molecule has 3 rings (SSSR count). The number of hydrogen-bond donors (Lipinski definition) is 1. The van der Waals surface area contributed by atoms with Crippen LogP contribution in [0.25, 0.3) is 0 Å². The normalized spacial score (nSPS) is 15.5. The van der Waals surface area contributed by atoms with Crippen molar-refractivity contribution in [3.63, 3.8) is 0 Å². The first-order chi connectivity index (χ1) is 15.2. The lowest BCUT2D eigenvalue weighted by molar-refractivity contribution is -0.384. The van der Waals surface area contributed by atoms with Gasteiger partial charge in [-0.1, -0.05) is 24.3 Å². The van der Waals surface area contributed by atoms with E-state index in [-0.39, 0.29) is 18.3 Å². The summed E-state index contributed by atoms with van der Waals surface area (Å²) in [6.45, 7) is 3.39. The van der Waals surface area contributed by atoms with Gasteiger partial charge in [-0.15, -0.1) is 0 Å². The second-order valence-electron chi connectivity index (χ2n) is 7.82. The third-order valence-electron chi connectivity index (χ3n) is 4.94. The van der Waals surface area contributed by atoms with E-state index in [1.165, 1.54) is 41.2 Å². The highest BCUT2D eigenvalue weighted by Crippen LogP contribution is 2.34. The first kappa shape index (κ1) is 22.9. The van der Waals surface area contributed by atoms with E-state index in [0.717, 1.165) is 0 Å². The predicted molar refractivity (Wildman–Crippen MR) is 117 cm³/mol. The van der Waals surface area contributed by atoms with Crippen LogP contribution in [0, 0.1) is 15.9 Å². The molecule has 0 spiro atoms. The van der Waals surface area contributed by atoms with E-state index in [0.29, 0.717) is 23.3 Å². The molecule has 0 fully saturated rings. The number of carbonyl (C=O) groups excluding carboxylic acids is 2. The quantitative estimate of drug-likeness (QED) is 0.547. The zero-order valence-electron chi connectivity index (χ0n) is 18.0. The number of hydrogen-bond acceptors (Lipinski definition) is 5. The van der Waals surface area contributed by atoms with Crippen LogP contribution < -0.4 is 5.32 Å². The summed E-state index contributed by atoms with van der Waals surface area (Å²) in [5, 5.41) is 19.6. The van der Waals surface area contributed by atoms with Crippen LogP contribution in [0.3, 0.4) is 0 Å². The second kappa shape index (κ2) is 9.54. The molecule has 1 N–H and O–H groups in total. The summed E-state index contributed by atoms with van der Waals surface area (Å²) in [5.74, 6) is -0.840. The summed E-state index contributed by atoms with van der Waals surface area (Å²) in [5.41, 5.74) is 1.63. The van der Waals surface area contributed by atoms with Crippen molar-refractivity contribution in [3.05, 3.63) is 75.6 Å². The minimum atomic E-state index is -0.594. The van der Waals surface area contributed by atoms with Gasteiger partial charge in [-0.2, -0.15) is 5.10 Å². The minimum absolute atomic E-state index is 0.0902. The Morgan fingerprint density at radius 2 is 1.97 bits per heavy atom. The average Bonchev–Trinajstić information content (AvgIpc) is 3.19. The van der Waals surface area contributed by atoms with Crippen LogP contribution in [-0.4, -0.2) is 52.1 Å². The highest BCUT2D eigenvalue weighted by Gasteiger charge is 2.34. The van der Waals surface area contributed by atoms with Crippen LogP contribution >= 0.6 is 0 Å². The highest BCUT2D eigenvalue weighted by atomic mass is 19.1. The summed E-state index contributed by atoms with van der Waals surface area (Å²) in [6, 6.07) is 10.7. The maximum atomic E-state index is 13.3. The lowest BCUT2D eigenvalue weighted by Gasteiger charge is -2.25. The van der Waals surface area contributed by atoms with Gasteiger partial charge in [0.15, 0.2) is 0 Å². The molecule has 10 heteroatoms. The van der Waals surface area contributed by atoms with Gasteiger partial charge in [-0.25, -0.2) is 14.2 Å². The lowest BCUT2D eigenvalue weighted by atomic mass is 9.98. The molecule has 0 aliphatic carbocycles. The number of rotatable bonds is 6. The van der Waals surface area contributed by atoms with Crippen LogP contribution in [0.15, 0.2) is 53.6 Å². The Morgan fingerprint density at radius 1 is 1.28 bits per heavy atom. The summed E-state index contributed by atoms with van der Waals surface area (Å²) in [4.78, 5) is 37.2. The Kier molecular flexibility index (Phi) is 6.82. The molecule has 3 amide bonds. The molecule has 1 aliphatic heterocycles. The molecular weight excluding hydrogens is 417 g/mol. The van der Waals surface area contributed by atoms with E-state index in [1.54, 1.807) is 24.3 Å². The van der Waals surface area contributed by atoms with Gasteiger partial charge in [0.25, 0.3) is 11.6 Å². The molecule has 2 aromatic carbocycles. The smallest absolute Gasteiger partial charge is 0.317 e. The zero-order valence-corrected chi connectivity index (χ0v) is 18.0. The molecule has 0 aromatic heterocycles. The predicted octanol–water partition coefficient (Wildman–Crippen LogP) is 3.46. The fourth-order valence-electron chi connectivity index (χ4n) is 3.37. The summed E-state index contributed by atoms with van der Waals surface area (Å²) in [7, 11) is 1.50. The maximum absolute atomic E-state index is 13.3. The highest BCUT2D eigenvalue weighted by molar-refractivity contribution is 6.03. The van der Waals surface area contributed by atoms with Crippen LogP contribution in [0.4, 0.5) is 14.9 Å². The molecule has 2 aromatic rings. The molecule has 32 heavy (non-hydrogen) atoms. The van der Waals surface area contributed by atoms with Gasteiger partial charge in [0, 0.05) is 31.6 Å². The standard InChI is InChI=1S/C22H24FN5O4/c1-14(2)24-22(30)26(3)13-21(29)27-20(16-5-4-6-18(11-16)28(31)32)12-19(25-27)15-7-9-17(23)10-8-15/h4-11,14,20H,12-13H2,1-3H3,(H,24,30)/t20-/m0/s1. The molecule has 0 radical (unpaired) electrons. The van der Waals surface area contributed by atoms with E-state index >= 15 is 0 Å². The van der Waals surface area contributed by atoms with Crippen molar-refractivity contribution in [2.24, 2.45) is 5.10 Å². The monoisotopic (exact) mass is 441 g/mol. The van der Waals surface area contributed by atoms with Gasteiger partial charge in [-0.3, -0.25) is 14.9 Å². The van der Waals surface area contributed by atoms with E-state index in [1.807, 2.05) is 13.8 Å². The molecule has 1 heterocycles. The van der Waals surface area contributed by atoms with Crippen LogP contribution in [0.1, 0.15) is 37.4 Å². The third kappa shape index (κ3) is 5.26. The largest absolute Gasteiger partial charge is 0.336 e. The van der Waals surface area contributed by atoms with Crippen LogP contribution in [0.2, 0.25) is 0 Å².